The van der Waals surface area contributed by atoms with Crippen LogP contribution in [-0.2, 0) is 4.79 Å². The second kappa shape index (κ2) is 3.62. The first-order valence-electron chi connectivity index (χ1n) is 4.21. The van der Waals surface area contributed by atoms with Gasteiger partial charge in [0, 0.05) is 12.4 Å². The summed E-state index contributed by atoms with van der Waals surface area (Å²) in [5, 5.41) is 0. The van der Waals surface area contributed by atoms with Gasteiger partial charge >= 0.3 is 0 Å². The number of alkyl halides is 1. The number of amides is 1. The van der Waals surface area contributed by atoms with Crippen molar-refractivity contribution in [2.45, 2.75) is 0 Å². The first kappa shape index (κ1) is 9.81. The van der Waals surface area contributed by atoms with Crippen LogP contribution in [0.2, 0.25) is 0 Å². The third-order valence-electron chi connectivity index (χ3n) is 2.25. The van der Waals surface area contributed by atoms with Crippen molar-refractivity contribution < 1.29 is 9.28 Å². The smallest absolute Gasteiger partial charge is 0.278 e. The zero-order chi connectivity index (χ0) is 9.19. The maximum Gasteiger partial charge on any atom is 0.278 e. The number of halogens is 1. The fourth-order valence-electron chi connectivity index (χ4n) is 1.40. The molecule has 1 rings (SSSR count). The molecule has 1 heterocycles. The van der Waals surface area contributed by atoms with Gasteiger partial charge in [0.2, 0.25) is 0 Å². The van der Waals surface area contributed by atoms with Crippen LogP contribution in [0.4, 0.5) is 0 Å². The Morgan fingerprint density at radius 2 is 2.25 bits per heavy atom. The predicted molar refractivity (Wildman–Crippen MR) is 49.1 cm³/mol. The summed E-state index contributed by atoms with van der Waals surface area (Å²) in [5.41, 5.74) is 0. The highest BCUT2D eigenvalue weighted by Gasteiger charge is 2.30. The number of nitrogens with zero attached hydrogens (tertiary/aromatic N) is 2. The molecule has 1 saturated heterocycles. The Labute approximate surface area is 78.5 Å². The molecule has 1 fully saturated rings. The maximum absolute atomic E-state index is 11.5. The van der Waals surface area contributed by atoms with E-state index in [9.17, 15) is 4.79 Å². The Balaban J connectivity index is 2.48. The molecule has 1 aliphatic heterocycles. The van der Waals surface area contributed by atoms with Crippen LogP contribution in [0.5, 0.6) is 0 Å². The summed E-state index contributed by atoms with van der Waals surface area (Å²) < 4.78 is 0.803. The van der Waals surface area contributed by atoms with Gasteiger partial charge < -0.3 is 9.38 Å². The third kappa shape index (κ3) is 2.35. The summed E-state index contributed by atoms with van der Waals surface area (Å²) in [6.07, 6.45) is 0. The van der Waals surface area contributed by atoms with Crippen molar-refractivity contribution >= 4 is 17.5 Å². The van der Waals surface area contributed by atoms with E-state index in [0.29, 0.717) is 19.0 Å². The van der Waals surface area contributed by atoms with E-state index < -0.39 is 0 Å². The molecular formula is C8H16ClN2O+. The summed E-state index contributed by atoms with van der Waals surface area (Å²) >= 11 is 5.57. The normalized spacial score (nSPS) is 22.9. The molecule has 3 nitrogen and oxygen atoms in total. The van der Waals surface area contributed by atoms with E-state index in [4.69, 9.17) is 11.6 Å². The summed E-state index contributed by atoms with van der Waals surface area (Å²) in [6, 6.07) is 0. The SMILES string of the molecule is C[N+]1(C)CCN(CCCl)C(=O)C1. The van der Waals surface area contributed by atoms with Gasteiger partial charge in [-0.05, 0) is 0 Å². The van der Waals surface area contributed by atoms with Crippen LogP contribution in [0, 0.1) is 0 Å². The van der Waals surface area contributed by atoms with Crippen LogP contribution in [0.1, 0.15) is 0 Å². The average Bonchev–Trinajstić information content (AvgIpc) is 1.94. The first-order chi connectivity index (χ1) is 5.55. The zero-order valence-corrected chi connectivity index (χ0v) is 8.47. The molecule has 0 aromatic heterocycles. The van der Waals surface area contributed by atoms with E-state index in [-0.39, 0.29) is 5.91 Å². The van der Waals surface area contributed by atoms with Crippen molar-refractivity contribution in [3.63, 3.8) is 0 Å². The minimum atomic E-state index is 0.229. The quantitative estimate of drug-likeness (QED) is 0.450. The molecule has 4 heteroatoms. The number of carbonyl (C=O) groups excluding carboxylic acids is 1. The number of piperazine rings is 1. The van der Waals surface area contributed by atoms with Gasteiger partial charge in [0.15, 0.2) is 6.54 Å². The highest BCUT2D eigenvalue weighted by molar-refractivity contribution is 6.18. The van der Waals surface area contributed by atoms with Gasteiger partial charge in [0.1, 0.15) is 0 Å². The van der Waals surface area contributed by atoms with Crippen LogP contribution in [-0.4, -0.2) is 61.4 Å². The third-order valence-corrected chi connectivity index (χ3v) is 2.41. The molecule has 0 aliphatic carbocycles. The van der Waals surface area contributed by atoms with E-state index in [1.54, 1.807) is 0 Å². The number of likely N-dealkylation sites (N-methyl/N-ethyl adjacent to an activating group) is 1. The van der Waals surface area contributed by atoms with Crippen molar-refractivity contribution in [3.05, 3.63) is 0 Å². The molecule has 0 spiro atoms. The van der Waals surface area contributed by atoms with Crippen LogP contribution >= 0.6 is 11.6 Å². The average molecular weight is 192 g/mol. The molecule has 0 aromatic carbocycles. The minimum Gasteiger partial charge on any atom is -0.331 e. The fraction of sp³-hybridized carbons (Fsp3) is 0.875. The molecule has 0 radical (unpaired) electrons. The van der Waals surface area contributed by atoms with Gasteiger partial charge in [-0.15, -0.1) is 11.6 Å². The van der Waals surface area contributed by atoms with Gasteiger partial charge in [-0.2, -0.15) is 0 Å². The maximum atomic E-state index is 11.5. The molecule has 0 unspecified atom stereocenters. The highest BCUT2D eigenvalue weighted by Crippen LogP contribution is 2.07. The van der Waals surface area contributed by atoms with E-state index >= 15 is 0 Å². The second-order valence-corrected chi connectivity index (χ2v) is 4.27. The Morgan fingerprint density at radius 3 is 2.75 bits per heavy atom. The zero-order valence-electron chi connectivity index (χ0n) is 7.72. The molecule has 12 heavy (non-hydrogen) atoms. The number of hydrogen-bond donors (Lipinski definition) is 0. The Hall–Kier alpha value is -0.280. The lowest BCUT2D eigenvalue weighted by Gasteiger charge is -2.38. The van der Waals surface area contributed by atoms with Crippen LogP contribution in [0.3, 0.4) is 0 Å². The summed E-state index contributed by atoms with van der Waals surface area (Å²) in [5.74, 6) is 0.769. The van der Waals surface area contributed by atoms with Crippen LogP contribution in [0.25, 0.3) is 0 Å². The Bertz CT molecular complexity index is 182. The van der Waals surface area contributed by atoms with Crippen molar-refractivity contribution in [2.24, 2.45) is 0 Å². The molecular weight excluding hydrogens is 176 g/mol. The number of carbonyl (C=O) groups is 1. The molecule has 1 aliphatic rings. The van der Waals surface area contributed by atoms with Crippen molar-refractivity contribution in [3.8, 4) is 0 Å². The largest absolute Gasteiger partial charge is 0.331 e. The van der Waals surface area contributed by atoms with Gasteiger partial charge in [-0.3, -0.25) is 4.79 Å². The Kier molecular flexibility index (Phi) is 2.96. The fourth-order valence-corrected chi connectivity index (χ4v) is 1.60. The molecule has 0 bridgehead atoms. The summed E-state index contributed by atoms with van der Waals surface area (Å²) in [4.78, 5) is 13.3. The number of rotatable bonds is 2. The number of quaternary nitrogens is 1. The molecule has 70 valence electrons. The van der Waals surface area contributed by atoms with Crippen molar-refractivity contribution in [2.75, 3.05) is 46.2 Å². The molecule has 1 amide bonds. The summed E-state index contributed by atoms with van der Waals surface area (Å²) in [6.45, 7) is 3.18. The first-order valence-corrected chi connectivity index (χ1v) is 4.74. The van der Waals surface area contributed by atoms with Gasteiger partial charge in [0.05, 0.1) is 27.2 Å². The molecule has 0 saturated carbocycles. The van der Waals surface area contributed by atoms with Crippen LogP contribution in [0.15, 0.2) is 0 Å². The van der Waals surface area contributed by atoms with E-state index in [1.807, 2.05) is 4.90 Å². The molecule has 0 aromatic rings. The lowest BCUT2D eigenvalue weighted by molar-refractivity contribution is -0.885. The summed E-state index contributed by atoms with van der Waals surface area (Å²) in [7, 11) is 4.16. The van der Waals surface area contributed by atoms with Gasteiger partial charge in [-0.1, -0.05) is 0 Å². The molecule has 0 N–H and O–H groups in total. The lowest BCUT2D eigenvalue weighted by Crippen LogP contribution is -2.58. The minimum absolute atomic E-state index is 0.229. The van der Waals surface area contributed by atoms with Crippen LogP contribution < -0.4 is 0 Å². The van der Waals surface area contributed by atoms with Crippen molar-refractivity contribution in [1.29, 1.82) is 0 Å². The van der Waals surface area contributed by atoms with E-state index in [2.05, 4.69) is 14.1 Å². The standard InChI is InChI=1S/C8H16ClN2O/c1-11(2)6-5-10(4-3-9)8(12)7-11/h3-7H2,1-2H3/q+1. The number of hydrogen-bond acceptors (Lipinski definition) is 1. The predicted octanol–water partition coefficient (Wildman–Crippen LogP) is 0.144. The molecule has 0 atom stereocenters. The second-order valence-electron chi connectivity index (χ2n) is 3.89. The van der Waals surface area contributed by atoms with Crippen molar-refractivity contribution in [1.82, 2.24) is 4.90 Å². The lowest BCUT2D eigenvalue weighted by atomic mass is 10.3. The van der Waals surface area contributed by atoms with Gasteiger partial charge in [-0.25, -0.2) is 0 Å². The van der Waals surface area contributed by atoms with E-state index in [1.165, 1.54) is 0 Å². The van der Waals surface area contributed by atoms with Gasteiger partial charge in [0.25, 0.3) is 5.91 Å². The Morgan fingerprint density at radius 1 is 1.58 bits per heavy atom. The highest BCUT2D eigenvalue weighted by atomic mass is 35.5. The monoisotopic (exact) mass is 191 g/mol. The van der Waals surface area contributed by atoms with E-state index in [0.717, 1.165) is 17.6 Å². The topological polar surface area (TPSA) is 20.3 Å².